The van der Waals surface area contributed by atoms with E-state index in [2.05, 4.69) is 4.74 Å². The van der Waals surface area contributed by atoms with Crippen molar-refractivity contribution in [1.82, 2.24) is 4.48 Å². The normalized spacial score (nSPS) is 11.3. The highest BCUT2D eigenvalue weighted by Gasteiger charge is 2.18. The first kappa shape index (κ1) is 12.6. The molecule has 0 fully saturated rings. The van der Waals surface area contributed by atoms with Crippen LogP contribution in [0.15, 0.2) is 18.2 Å². The average molecular weight is 226 g/mol. The lowest BCUT2D eigenvalue weighted by molar-refractivity contribution is -0.139. The number of hydrogen-bond donors (Lipinski definition) is 0. The maximum atomic E-state index is 13.7. The molecule has 0 heterocycles. The molecule has 16 heavy (non-hydrogen) atoms. The number of rotatable bonds is 3. The third kappa shape index (κ3) is 3.03. The van der Waals surface area contributed by atoms with Gasteiger partial charge >= 0.3 is 5.97 Å². The van der Waals surface area contributed by atoms with Crippen LogP contribution in [0, 0.1) is 5.82 Å². The van der Waals surface area contributed by atoms with E-state index in [0.29, 0.717) is 15.7 Å². The van der Waals surface area contributed by atoms with E-state index < -0.39 is 0 Å². The molecule has 0 N–H and O–H groups in total. The quantitative estimate of drug-likeness (QED) is 0.579. The van der Waals surface area contributed by atoms with Crippen molar-refractivity contribution in [2.75, 3.05) is 28.3 Å². The summed E-state index contributed by atoms with van der Waals surface area (Å²) in [5, 5.41) is 0. The summed E-state index contributed by atoms with van der Waals surface area (Å²) in [6, 6.07) is 4.84. The highest BCUT2D eigenvalue weighted by molar-refractivity contribution is 5.72. The molecule has 0 bridgehead atoms. The number of carbonyl (C=O) groups excluding carboxylic acids is 1. The predicted molar refractivity (Wildman–Crippen MR) is 61.7 cm³/mol. The van der Waals surface area contributed by atoms with Gasteiger partial charge in [0.25, 0.3) is 0 Å². The Kier molecular flexibility index (Phi) is 3.65. The molecular weight excluding hydrogens is 209 g/mol. The summed E-state index contributed by atoms with van der Waals surface area (Å²) in [4.78, 5) is 11.0. The van der Waals surface area contributed by atoms with Gasteiger partial charge in [-0.3, -0.25) is 9.28 Å². The second kappa shape index (κ2) is 4.61. The molecule has 3 nitrogen and oxygen atoms in total. The molecule has 0 aliphatic carbocycles. The molecule has 0 saturated heterocycles. The second-order valence-electron chi connectivity index (χ2n) is 4.55. The van der Waals surface area contributed by atoms with Crippen LogP contribution in [0.5, 0.6) is 0 Å². The number of methoxy groups -OCH3 is 1. The topological polar surface area (TPSA) is 26.3 Å². The summed E-state index contributed by atoms with van der Waals surface area (Å²) in [5.41, 5.74) is 1.22. The van der Waals surface area contributed by atoms with Crippen molar-refractivity contribution >= 4 is 11.7 Å². The van der Waals surface area contributed by atoms with Gasteiger partial charge in [0.2, 0.25) is 0 Å². The Morgan fingerprint density at radius 1 is 1.38 bits per heavy atom. The van der Waals surface area contributed by atoms with Crippen molar-refractivity contribution in [3.63, 3.8) is 0 Å². The van der Waals surface area contributed by atoms with Gasteiger partial charge in [-0.25, -0.2) is 4.39 Å². The first-order valence-electron chi connectivity index (χ1n) is 5.02. The van der Waals surface area contributed by atoms with E-state index in [0.717, 1.165) is 0 Å². The molecule has 1 aromatic carbocycles. The van der Waals surface area contributed by atoms with Crippen LogP contribution in [-0.4, -0.2) is 34.2 Å². The van der Waals surface area contributed by atoms with Crippen molar-refractivity contribution in [3.8, 4) is 0 Å². The summed E-state index contributed by atoms with van der Waals surface area (Å²) in [7, 11) is 6.98. The van der Waals surface area contributed by atoms with Crippen LogP contribution in [0.4, 0.5) is 10.1 Å². The standard InChI is InChI=1S/C12H17FNO2/c1-14(2,3)11-6-5-9(7-10(11)13)8-12(15)16-4/h5-7H,8H2,1-4H3/q+1. The molecule has 0 atom stereocenters. The zero-order valence-electron chi connectivity index (χ0n) is 10.1. The van der Waals surface area contributed by atoms with E-state index >= 15 is 0 Å². The monoisotopic (exact) mass is 226 g/mol. The average Bonchev–Trinajstić information content (AvgIpc) is 2.15. The van der Waals surface area contributed by atoms with Crippen molar-refractivity contribution in [1.29, 1.82) is 0 Å². The second-order valence-corrected chi connectivity index (χ2v) is 4.55. The van der Waals surface area contributed by atoms with E-state index in [1.54, 1.807) is 12.1 Å². The number of nitrogens with zero attached hydrogens (tertiary/aromatic N) is 1. The van der Waals surface area contributed by atoms with Gasteiger partial charge < -0.3 is 4.74 Å². The fourth-order valence-electron chi connectivity index (χ4n) is 1.44. The predicted octanol–water partition coefficient (Wildman–Crippen LogP) is 1.74. The first-order chi connectivity index (χ1) is 7.34. The number of ether oxygens (including phenoxy) is 1. The fourth-order valence-corrected chi connectivity index (χ4v) is 1.44. The molecule has 1 rings (SSSR count). The first-order valence-corrected chi connectivity index (χ1v) is 5.02. The highest BCUT2D eigenvalue weighted by atomic mass is 19.1. The molecule has 0 saturated carbocycles. The molecule has 88 valence electrons. The number of esters is 1. The summed E-state index contributed by atoms with van der Waals surface area (Å²) < 4.78 is 18.7. The van der Waals surface area contributed by atoms with Gasteiger partial charge in [0, 0.05) is 6.07 Å². The third-order valence-corrected chi connectivity index (χ3v) is 2.31. The van der Waals surface area contributed by atoms with E-state index in [1.165, 1.54) is 13.2 Å². The Balaban J connectivity index is 2.96. The van der Waals surface area contributed by atoms with Crippen molar-refractivity contribution in [3.05, 3.63) is 29.6 Å². The van der Waals surface area contributed by atoms with Crippen molar-refractivity contribution in [2.24, 2.45) is 0 Å². The SMILES string of the molecule is COC(=O)Cc1ccc([N+](C)(C)C)c(F)c1. The minimum Gasteiger partial charge on any atom is -0.469 e. The number of carbonyl (C=O) groups is 1. The van der Waals surface area contributed by atoms with Crippen LogP contribution >= 0.6 is 0 Å². The van der Waals surface area contributed by atoms with Gasteiger partial charge in [0.05, 0.1) is 34.7 Å². The Hall–Kier alpha value is -1.42. The van der Waals surface area contributed by atoms with Crippen LogP contribution in [-0.2, 0) is 16.0 Å². The minimum atomic E-state index is -0.364. The summed E-state index contributed by atoms with van der Waals surface area (Å²) in [6.45, 7) is 0. The van der Waals surface area contributed by atoms with Gasteiger partial charge in [-0.15, -0.1) is 0 Å². The van der Waals surface area contributed by atoms with Crippen LogP contribution in [0.1, 0.15) is 5.56 Å². The van der Waals surface area contributed by atoms with Gasteiger partial charge in [0.15, 0.2) is 11.5 Å². The van der Waals surface area contributed by atoms with Gasteiger partial charge in [-0.2, -0.15) is 0 Å². The van der Waals surface area contributed by atoms with E-state index in [9.17, 15) is 9.18 Å². The maximum Gasteiger partial charge on any atom is 0.309 e. The van der Waals surface area contributed by atoms with Crippen LogP contribution in [0.2, 0.25) is 0 Å². The van der Waals surface area contributed by atoms with Crippen LogP contribution in [0.25, 0.3) is 0 Å². The zero-order chi connectivity index (χ0) is 12.3. The van der Waals surface area contributed by atoms with Crippen molar-refractivity contribution in [2.45, 2.75) is 6.42 Å². The lowest BCUT2D eigenvalue weighted by Crippen LogP contribution is -2.35. The van der Waals surface area contributed by atoms with E-state index in [4.69, 9.17) is 0 Å². The Morgan fingerprint density at radius 3 is 2.44 bits per heavy atom. The highest BCUT2D eigenvalue weighted by Crippen LogP contribution is 2.22. The third-order valence-electron chi connectivity index (χ3n) is 2.31. The van der Waals surface area contributed by atoms with Crippen LogP contribution in [0.3, 0.4) is 0 Å². The smallest absolute Gasteiger partial charge is 0.309 e. The van der Waals surface area contributed by atoms with Crippen molar-refractivity contribution < 1.29 is 13.9 Å². The molecule has 0 aliphatic heterocycles. The van der Waals surface area contributed by atoms with E-state index in [-0.39, 0.29) is 18.2 Å². The van der Waals surface area contributed by atoms with Crippen LogP contribution < -0.4 is 4.48 Å². The van der Waals surface area contributed by atoms with Gasteiger partial charge in [-0.05, 0) is 11.6 Å². The Bertz CT molecular complexity index is 396. The summed E-state index contributed by atoms with van der Waals surface area (Å²) >= 11 is 0. The molecular formula is C12H17FNO2+. The molecule has 0 unspecified atom stereocenters. The lowest BCUT2D eigenvalue weighted by Gasteiger charge is -2.23. The molecule has 4 heteroatoms. The molecule has 0 radical (unpaired) electrons. The van der Waals surface area contributed by atoms with Gasteiger partial charge in [-0.1, -0.05) is 6.07 Å². The van der Waals surface area contributed by atoms with Gasteiger partial charge in [0.1, 0.15) is 0 Å². The fraction of sp³-hybridized carbons (Fsp3) is 0.417. The molecule has 1 aromatic rings. The van der Waals surface area contributed by atoms with E-state index in [1.807, 2.05) is 21.1 Å². The lowest BCUT2D eigenvalue weighted by atomic mass is 10.1. The molecule has 0 aromatic heterocycles. The number of quaternary nitrogens is 1. The summed E-state index contributed by atoms with van der Waals surface area (Å²) in [5.74, 6) is -0.661. The Labute approximate surface area is 95.0 Å². The number of halogens is 1. The largest absolute Gasteiger partial charge is 0.469 e. The minimum absolute atomic E-state index is 0.102. The number of hydrogen-bond acceptors (Lipinski definition) is 2. The Morgan fingerprint density at radius 2 is 2.00 bits per heavy atom. The molecule has 0 spiro atoms. The molecule has 0 aliphatic rings. The summed E-state index contributed by atoms with van der Waals surface area (Å²) in [6.07, 6.45) is 0.102. The number of benzene rings is 1. The zero-order valence-corrected chi connectivity index (χ0v) is 10.1. The molecule has 0 amide bonds. The maximum absolute atomic E-state index is 13.7.